The van der Waals surface area contributed by atoms with Gasteiger partial charge in [-0.1, -0.05) is 20.8 Å². The van der Waals surface area contributed by atoms with Gasteiger partial charge < -0.3 is 10.6 Å². The van der Waals surface area contributed by atoms with Crippen LogP contribution in [0.3, 0.4) is 0 Å². The molecule has 1 saturated heterocycles. The number of nitrogens with zero attached hydrogens (tertiary/aromatic N) is 3. The van der Waals surface area contributed by atoms with Gasteiger partial charge in [0, 0.05) is 31.3 Å². The van der Waals surface area contributed by atoms with Gasteiger partial charge in [-0.15, -0.1) is 0 Å². The third-order valence-electron chi connectivity index (χ3n) is 3.96. The van der Waals surface area contributed by atoms with Crippen LogP contribution in [-0.2, 0) is 6.42 Å². The summed E-state index contributed by atoms with van der Waals surface area (Å²) in [5.41, 5.74) is 6.91. The standard InChI is InChI=1S/C15H26N4/c1-4-14-17-13(11(2)3)9-15(18-14)19-7-5-12(10-16)6-8-19/h9,11-12H,4-8,10,16H2,1-3H3. The van der Waals surface area contributed by atoms with Crippen molar-refractivity contribution in [3.63, 3.8) is 0 Å². The van der Waals surface area contributed by atoms with Crippen molar-refractivity contribution in [2.75, 3.05) is 24.5 Å². The van der Waals surface area contributed by atoms with Crippen LogP contribution in [0.25, 0.3) is 0 Å². The van der Waals surface area contributed by atoms with Crippen LogP contribution in [-0.4, -0.2) is 29.6 Å². The fourth-order valence-electron chi connectivity index (χ4n) is 2.52. The Morgan fingerprint density at radius 3 is 2.53 bits per heavy atom. The van der Waals surface area contributed by atoms with Crippen molar-refractivity contribution in [2.45, 2.75) is 46.0 Å². The maximum atomic E-state index is 5.75. The molecule has 1 aliphatic heterocycles. The van der Waals surface area contributed by atoms with E-state index < -0.39 is 0 Å². The van der Waals surface area contributed by atoms with Crippen LogP contribution in [0.5, 0.6) is 0 Å². The Hall–Kier alpha value is -1.16. The minimum absolute atomic E-state index is 0.452. The molecule has 2 heterocycles. The smallest absolute Gasteiger partial charge is 0.132 e. The molecule has 0 saturated carbocycles. The van der Waals surface area contributed by atoms with Gasteiger partial charge >= 0.3 is 0 Å². The van der Waals surface area contributed by atoms with Gasteiger partial charge in [-0.2, -0.15) is 0 Å². The lowest BCUT2D eigenvalue weighted by molar-refractivity contribution is 0.412. The molecule has 19 heavy (non-hydrogen) atoms. The monoisotopic (exact) mass is 262 g/mol. The lowest BCUT2D eigenvalue weighted by atomic mass is 9.97. The summed E-state index contributed by atoms with van der Waals surface area (Å²) in [5, 5.41) is 0. The average molecular weight is 262 g/mol. The Morgan fingerprint density at radius 1 is 1.32 bits per heavy atom. The van der Waals surface area contributed by atoms with Gasteiger partial charge in [0.1, 0.15) is 11.6 Å². The Morgan fingerprint density at radius 2 is 2.00 bits per heavy atom. The van der Waals surface area contributed by atoms with Gasteiger partial charge in [-0.3, -0.25) is 0 Å². The number of aryl methyl sites for hydroxylation is 1. The highest BCUT2D eigenvalue weighted by Gasteiger charge is 2.20. The van der Waals surface area contributed by atoms with E-state index >= 15 is 0 Å². The Labute approximate surface area is 116 Å². The van der Waals surface area contributed by atoms with Crippen molar-refractivity contribution in [1.29, 1.82) is 0 Å². The van der Waals surface area contributed by atoms with Crippen LogP contribution in [0.2, 0.25) is 0 Å². The van der Waals surface area contributed by atoms with Gasteiger partial charge in [0.2, 0.25) is 0 Å². The Balaban J connectivity index is 2.17. The van der Waals surface area contributed by atoms with Crippen LogP contribution in [0.1, 0.15) is 51.0 Å². The topological polar surface area (TPSA) is 55.0 Å². The minimum Gasteiger partial charge on any atom is -0.356 e. The zero-order valence-corrected chi connectivity index (χ0v) is 12.4. The summed E-state index contributed by atoms with van der Waals surface area (Å²) in [5.74, 6) is 3.20. The van der Waals surface area contributed by atoms with Crippen molar-refractivity contribution in [2.24, 2.45) is 11.7 Å². The third kappa shape index (κ3) is 3.44. The number of piperidine rings is 1. The molecule has 106 valence electrons. The fraction of sp³-hybridized carbons (Fsp3) is 0.733. The Kier molecular flexibility index (Phi) is 4.75. The fourth-order valence-corrected chi connectivity index (χ4v) is 2.52. The molecule has 0 radical (unpaired) electrons. The quantitative estimate of drug-likeness (QED) is 0.905. The van der Waals surface area contributed by atoms with E-state index in [9.17, 15) is 0 Å². The molecule has 4 heteroatoms. The molecule has 0 spiro atoms. The molecule has 2 rings (SSSR count). The second-order valence-electron chi connectivity index (χ2n) is 5.74. The van der Waals surface area contributed by atoms with E-state index in [2.05, 4.69) is 36.7 Å². The van der Waals surface area contributed by atoms with Crippen LogP contribution in [0.4, 0.5) is 5.82 Å². The SMILES string of the molecule is CCc1nc(C(C)C)cc(N2CCC(CN)CC2)n1. The predicted molar refractivity (Wildman–Crippen MR) is 79.5 cm³/mol. The lowest BCUT2D eigenvalue weighted by Crippen LogP contribution is -2.36. The number of nitrogens with two attached hydrogens (primary N) is 1. The zero-order valence-electron chi connectivity index (χ0n) is 12.4. The lowest BCUT2D eigenvalue weighted by Gasteiger charge is -2.32. The van der Waals surface area contributed by atoms with E-state index in [-0.39, 0.29) is 0 Å². The van der Waals surface area contributed by atoms with Crippen LogP contribution >= 0.6 is 0 Å². The molecular formula is C15H26N4. The van der Waals surface area contributed by atoms with Crippen molar-refractivity contribution in [3.05, 3.63) is 17.6 Å². The molecule has 1 aliphatic rings. The Bertz CT molecular complexity index is 409. The number of hydrogen-bond donors (Lipinski definition) is 1. The van der Waals surface area contributed by atoms with Gasteiger partial charge in [0.15, 0.2) is 0 Å². The molecule has 4 nitrogen and oxygen atoms in total. The summed E-state index contributed by atoms with van der Waals surface area (Å²) in [6, 6.07) is 2.16. The summed E-state index contributed by atoms with van der Waals surface area (Å²) in [4.78, 5) is 11.7. The molecule has 0 aliphatic carbocycles. The van der Waals surface area contributed by atoms with E-state index in [0.717, 1.165) is 43.4 Å². The average Bonchev–Trinajstić information content (AvgIpc) is 2.46. The van der Waals surface area contributed by atoms with Crippen molar-refractivity contribution < 1.29 is 0 Å². The number of hydrogen-bond acceptors (Lipinski definition) is 4. The predicted octanol–water partition coefficient (Wildman–Crippen LogP) is 2.34. The molecule has 0 atom stereocenters. The molecule has 0 amide bonds. The van der Waals surface area contributed by atoms with E-state index in [0.29, 0.717) is 11.8 Å². The van der Waals surface area contributed by atoms with Gasteiger partial charge in [0.05, 0.1) is 0 Å². The second kappa shape index (κ2) is 6.33. The minimum atomic E-state index is 0.452. The largest absolute Gasteiger partial charge is 0.356 e. The zero-order chi connectivity index (χ0) is 13.8. The first kappa shape index (κ1) is 14.3. The van der Waals surface area contributed by atoms with Gasteiger partial charge in [0.25, 0.3) is 0 Å². The van der Waals surface area contributed by atoms with Crippen LogP contribution in [0.15, 0.2) is 6.07 Å². The summed E-state index contributed by atoms with van der Waals surface area (Å²) in [6.07, 6.45) is 3.25. The molecule has 1 aromatic rings. The number of rotatable bonds is 4. The highest BCUT2D eigenvalue weighted by Crippen LogP contribution is 2.24. The summed E-state index contributed by atoms with van der Waals surface area (Å²) in [6.45, 7) is 9.44. The molecule has 1 fully saturated rings. The first-order valence-corrected chi connectivity index (χ1v) is 7.46. The molecule has 1 aromatic heterocycles. The van der Waals surface area contributed by atoms with Gasteiger partial charge in [-0.25, -0.2) is 9.97 Å². The van der Waals surface area contributed by atoms with Crippen LogP contribution in [0, 0.1) is 5.92 Å². The molecule has 0 bridgehead atoms. The van der Waals surface area contributed by atoms with Crippen molar-refractivity contribution >= 4 is 5.82 Å². The maximum absolute atomic E-state index is 5.75. The number of aromatic nitrogens is 2. The summed E-state index contributed by atoms with van der Waals surface area (Å²) >= 11 is 0. The third-order valence-corrected chi connectivity index (χ3v) is 3.96. The highest BCUT2D eigenvalue weighted by atomic mass is 15.2. The van der Waals surface area contributed by atoms with Crippen LogP contribution < -0.4 is 10.6 Å². The highest BCUT2D eigenvalue weighted by molar-refractivity contribution is 5.41. The molecule has 2 N–H and O–H groups in total. The summed E-state index contributed by atoms with van der Waals surface area (Å²) < 4.78 is 0. The molecular weight excluding hydrogens is 236 g/mol. The van der Waals surface area contributed by atoms with Gasteiger partial charge in [-0.05, 0) is 31.2 Å². The normalized spacial score (nSPS) is 17.2. The summed E-state index contributed by atoms with van der Waals surface area (Å²) in [7, 11) is 0. The van der Waals surface area contributed by atoms with E-state index in [4.69, 9.17) is 10.7 Å². The number of anilines is 1. The van der Waals surface area contributed by atoms with E-state index in [1.165, 1.54) is 12.8 Å². The van der Waals surface area contributed by atoms with Crippen molar-refractivity contribution in [3.8, 4) is 0 Å². The second-order valence-corrected chi connectivity index (χ2v) is 5.74. The van der Waals surface area contributed by atoms with E-state index in [1.807, 2.05) is 0 Å². The maximum Gasteiger partial charge on any atom is 0.132 e. The molecule has 0 unspecified atom stereocenters. The molecule has 0 aromatic carbocycles. The first-order chi connectivity index (χ1) is 9.13. The van der Waals surface area contributed by atoms with E-state index in [1.54, 1.807) is 0 Å². The van der Waals surface area contributed by atoms with Crippen molar-refractivity contribution in [1.82, 2.24) is 9.97 Å². The first-order valence-electron chi connectivity index (χ1n) is 7.46.